The number of ether oxygens (including phenoxy) is 3. The Morgan fingerprint density at radius 1 is 1.34 bits per heavy atom. The van der Waals surface area contributed by atoms with Crippen molar-refractivity contribution in [3.8, 4) is 11.6 Å². The van der Waals surface area contributed by atoms with Crippen molar-refractivity contribution in [2.24, 2.45) is 5.92 Å². The molecular weight excluding hydrogens is 468 g/mol. The summed E-state index contributed by atoms with van der Waals surface area (Å²) in [6.07, 6.45) is 2.62. The molecule has 7 nitrogen and oxygen atoms in total. The Morgan fingerprint density at radius 2 is 2.14 bits per heavy atom. The zero-order valence-electron chi connectivity index (χ0n) is 21.0. The van der Waals surface area contributed by atoms with Crippen molar-refractivity contribution in [2.45, 2.75) is 59.1 Å². The van der Waals surface area contributed by atoms with Crippen LogP contribution in [0.1, 0.15) is 70.6 Å². The average molecular weight is 503 g/mol. The Balaban J connectivity index is 1.66. The molecule has 4 rings (SSSR count). The van der Waals surface area contributed by atoms with Gasteiger partial charge >= 0.3 is 0 Å². The predicted octanol–water partition coefficient (Wildman–Crippen LogP) is 4.81. The summed E-state index contributed by atoms with van der Waals surface area (Å²) >= 11 is 6.82. The van der Waals surface area contributed by atoms with E-state index in [9.17, 15) is 9.90 Å². The van der Waals surface area contributed by atoms with Gasteiger partial charge in [-0.05, 0) is 44.2 Å². The number of nitrogens with zero attached hydrogens (tertiary/aromatic N) is 2. The van der Waals surface area contributed by atoms with Crippen LogP contribution in [0.25, 0.3) is 0 Å². The van der Waals surface area contributed by atoms with E-state index in [0.717, 1.165) is 41.6 Å². The third-order valence-corrected chi connectivity index (χ3v) is 7.37. The summed E-state index contributed by atoms with van der Waals surface area (Å²) in [5, 5.41) is 11.4. The lowest BCUT2D eigenvalue weighted by Crippen LogP contribution is -2.38. The van der Waals surface area contributed by atoms with Crippen LogP contribution in [0.4, 0.5) is 0 Å². The summed E-state index contributed by atoms with van der Waals surface area (Å²) in [5.74, 6) is 0.973. The highest BCUT2D eigenvalue weighted by Gasteiger charge is 2.34. The van der Waals surface area contributed by atoms with Gasteiger partial charge in [0.2, 0.25) is 5.88 Å². The van der Waals surface area contributed by atoms with Crippen molar-refractivity contribution < 1.29 is 24.1 Å². The van der Waals surface area contributed by atoms with Gasteiger partial charge in [0.15, 0.2) is 0 Å². The van der Waals surface area contributed by atoms with E-state index in [4.69, 9.17) is 25.8 Å². The number of aryl methyl sites for hydroxylation is 2. The number of amides is 1. The van der Waals surface area contributed by atoms with Crippen LogP contribution < -0.4 is 9.47 Å². The van der Waals surface area contributed by atoms with Crippen molar-refractivity contribution in [1.82, 2.24) is 9.88 Å². The van der Waals surface area contributed by atoms with Crippen LogP contribution in [0, 0.1) is 19.8 Å². The Labute approximate surface area is 212 Å². The number of unbranched alkanes of at least 4 members (excludes halogenated alkanes) is 1. The molecule has 2 atom stereocenters. The minimum Gasteiger partial charge on any atom is -0.496 e. The molecule has 1 N–H and O–H groups in total. The maximum Gasteiger partial charge on any atom is 0.255 e. The summed E-state index contributed by atoms with van der Waals surface area (Å²) in [5.41, 5.74) is 4.55. The van der Waals surface area contributed by atoms with Gasteiger partial charge < -0.3 is 24.2 Å². The van der Waals surface area contributed by atoms with Gasteiger partial charge in [-0.15, -0.1) is 0 Å². The first kappa shape index (κ1) is 25.7. The molecule has 35 heavy (non-hydrogen) atoms. The minimum absolute atomic E-state index is 0.0227. The van der Waals surface area contributed by atoms with Crippen LogP contribution in [0.5, 0.6) is 11.6 Å². The molecular formula is C27H35ClN2O5. The van der Waals surface area contributed by atoms with Crippen LogP contribution in [0.3, 0.4) is 0 Å². The van der Waals surface area contributed by atoms with E-state index in [-0.39, 0.29) is 11.8 Å². The van der Waals surface area contributed by atoms with Gasteiger partial charge in [-0.25, -0.2) is 4.98 Å². The van der Waals surface area contributed by atoms with Gasteiger partial charge in [0, 0.05) is 36.4 Å². The highest BCUT2D eigenvalue weighted by atomic mass is 35.5. The molecule has 2 aliphatic rings. The largest absolute Gasteiger partial charge is 0.496 e. The third-order valence-electron chi connectivity index (χ3n) is 6.96. The number of aliphatic hydroxyl groups is 1. The highest BCUT2D eigenvalue weighted by Crippen LogP contribution is 2.40. The number of methoxy groups -OCH3 is 1. The number of hydrogen-bond donors (Lipinski definition) is 1. The maximum absolute atomic E-state index is 13.8. The monoisotopic (exact) mass is 502 g/mol. The number of hydrogen-bond acceptors (Lipinski definition) is 6. The summed E-state index contributed by atoms with van der Waals surface area (Å²) in [6.45, 7) is 8.51. The van der Waals surface area contributed by atoms with E-state index in [1.807, 2.05) is 26.0 Å². The van der Waals surface area contributed by atoms with Crippen molar-refractivity contribution in [3.05, 3.63) is 50.7 Å². The van der Waals surface area contributed by atoms with E-state index in [0.29, 0.717) is 67.1 Å². The molecule has 0 radical (unpaired) electrons. The number of aliphatic hydroxyl groups excluding tert-OH is 1. The lowest BCUT2D eigenvalue weighted by Gasteiger charge is -2.32. The molecule has 0 spiro atoms. The molecule has 1 fully saturated rings. The van der Waals surface area contributed by atoms with Crippen LogP contribution in [0.2, 0.25) is 5.02 Å². The zero-order valence-corrected chi connectivity index (χ0v) is 21.8. The molecule has 1 aromatic carbocycles. The number of carbonyl (C=O) groups is 1. The summed E-state index contributed by atoms with van der Waals surface area (Å²) in [6, 6.07) is 3.79. The quantitative estimate of drug-likeness (QED) is 0.496. The molecule has 190 valence electrons. The Morgan fingerprint density at radius 3 is 2.83 bits per heavy atom. The molecule has 1 amide bonds. The second kappa shape index (κ2) is 11.1. The molecule has 1 aromatic heterocycles. The topological polar surface area (TPSA) is 81.1 Å². The van der Waals surface area contributed by atoms with E-state index >= 15 is 0 Å². The smallest absolute Gasteiger partial charge is 0.255 e. The summed E-state index contributed by atoms with van der Waals surface area (Å²) < 4.78 is 17.1. The predicted molar refractivity (Wildman–Crippen MR) is 134 cm³/mol. The van der Waals surface area contributed by atoms with Gasteiger partial charge in [0.25, 0.3) is 5.91 Å². The van der Waals surface area contributed by atoms with Gasteiger partial charge in [-0.3, -0.25) is 4.79 Å². The lowest BCUT2D eigenvalue weighted by atomic mass is 9.87. The van der Waals surface area contributed by atoms with Crippen molar-refractivity contribution >= 4 is 17.5 Å². The van der Waals surface area contributed by atoms with Crippen molar-refractivity contribution in [2.75, 3.05) is 33.5 Å². The Hall–Kier alpha value is -2.35. The van der Waals surface area contributed by atoms with Crippen molar-refractivity contribution in [3.63, 3.8) is 0 Å². The number of halogens is 1. The fourth-order valence-corrected chi connectivity index (χ4v) is 5.29. The second-order valence-electron chi connectivity index (χ2n) is 9.45. The normalized spacial score (nSPS) is 18.5. The number of fused-ring (bicyclic) bond motifs is 1. The molecule has 2 unspecified atom stereocenters. The maximum atomic E-state index is 13.8. The third kappa shape index (κ3) is 5.27. The molecule has 0 aliphatic carbocycles. The molecule has 2 aromatic rings. The molecule has 8 heteroatoms. The standard InChI is InChI=1S/C27H35ClN2O5/c1-5-6-10-35-26-21(22(33-4)13-17(3)29-26)14-30-9-7-19-16(2)12-20(24(28)23(19)27(30)32)25(31)18-8-11-34-15-18/h12-13,18,25,31H,5-11,14-15H2,1-4H3. The fraction of sp³-hybridized carbons (Fsp3) is 0.556. The minimum atomic E-state index is -0.767. The molecule has 0 bridgehead atoms. The number of pyridine rings is 1. The fourth-order valence-electron chi connectivity index (χ4n) is 4.92. The van der Waals surface area contributed by atoms with E-state index in [1.54, 1.807) is 12.0 Å². The van der Waals surface area contributed by atoms with Gasteiger partial charge in [-0.2, -0.15) is 0 Å². The molecule has 2 aliphatic heterocycles. The number of aromatic nitrogens is 1. The summed E-state index contributed by atoms with van der Waals surface area (Å²) in [4.78, 5) is 20.1. The number of carbonyl (C=O) groups excluding carboxylic acids is 1. The Bertz CT molecular complexity index is 1080. The number of rotatable bonds is 9. The van der Waals surface area contributed by atoms with Gasteiger partial charge in [0.05, 0.1) is 49.1 Å². The lowest BCUT2D eigenvalue weighted by molar-refractivity contribution is 0.0721. The second-order valence-corrected chi connectivity index (χ2v) is 9.83. The first-order valence-corrected chi connectivity index (χ1v) is 12.8. The van der Waals surface area contributed by atoms with Crippen LogP contribution in [-0.4, -0.2) is 54.4 Å². The van der Waals surface area contributed by atoms with Crippen LogP contribution in [0.15, 0.2) is 12.1 Å². The first-order chi connectivity index (χ1) is 16.8. The van der Waals surface area contributed by atoms with Crippen LogP contribution >= 0.6 is 11.6 Å². The molecule has 1 saturated heterocycles. The van der Waals surface area contributed by atoms with E-state index in [1.165, 1.54) is 0 Å². The zero-order chi connectivity index (χ0) is 25.1. The SMILES string of the molecule is CCCCOc1nc(C)cc(OC)c1CN1CCc2c(C)cc(C(O)C3CCOC3)c(Cl)c2C1=O. The van der Waals surface area contributed by atoms with E-state index in [2.05, 4.69) is 11.9 Å². The van der Waals surface area contributed by atoms with Gasteiger partial charge in [0.1, 0.15) is 5.75 Å². The molecule has 0 saturated carbocycles. The van der Waals surface area contributed by atoms with Crippen LogP contribution in [-0.2, 0) is 17.7 Å². The summed E-state index contributed by atoms with van der Waals surface area (Å²) in [7, 11) is 1.61. The van der Waals surface area contributed by atoms with E-state index < -0.39 is 6.10 Å². The number of benzene rings is 1. The van der Waals surface area contributed by atoms with Gasteiger partial charge in [-0.1, -0.05) is 31.0 Å². The first-order valence-electron chi connectivity index (χ1n) is 12.4. The Kier molecular flexibility index (Phi) is 8.19. The molecule has 3 heterocycles. The average Bonchev–Trinajstić information content (AvgIpc) is 3.38. The van der Waals surface area contributed by atoms with Crippen molar-refractivity contribution in [1.29, 1.82) is 0 Å². The highest BCUT2D eigenvalue weighted by molar-refractivity contribution is 6.35.